The van der Waals surface area contributed by atoms with E-state index in [0.29, 0.717) is 10.6 Å². The van der Waals surface area contributed by atoms with Crippen molar-refractivity contribution in [3.05, 3.63) is 34.9 Å². The molecule has 1 aromatic rings. The van der Waals surface area contributed by atoms with Crippen molar-refractivity contribution in [1.82, 2.24) is 0 Å². The summed E-state index contributed by atoms with van der Waals surface area (Å²) < 4.78 is 0. The van der Waals surface area contributed by atoms with Gasteiger partial charge < -0.3 is 10.2 Å². The smallest absolute Gasteiger partial charge is 0.335 e. The highest BCUT2D eigenvalue weighted by molar-refractivity contribution is 6.30. The van der Waals surface area contributed by atoms with Crippen molar-refractivity contribution in [3.63, 3.8) is 0 Å². The van der Waals surface area contributed by atoms with Gasteiger partial charge in [-0.2, -0.15) is 0 Å². The molecule has 1 aromatic carbocycles. The lowest BCUT2D eigenvalue weighted by molar-refractivity contribution is -0.156. The standard InChI is InChI=1S/C10H11ClO3/c1-10(14,9(12)13)6-7-3-2-4-8(11)5-7/h2-5,14H,6H2,1H3,(H,12,13)/t10-/m1/s1. The molecule has 0 unspecified atom stereocenters. The predicted octanol–water partition coefficient (Wildman–Crippen LogP) is 1.72. The normalized spacial score (nSPS) is 14.8. The van der Waals surface area contributed by atoms with Gasteiger partial charge >= 0.3 is 5.97 Å². The molecule has 1 rings (SSSR count). The first kappa shape index (κ1) is 11.0. The number of aliphatic hydroxyl groups is 1. The molecule has 0 aliphatic rings. The summed E-state index contributed by atoms with van der Waals surface area (Å²) in [6, 6.07) is 6.78. The van der Waals surface area contributed by atoms with Gasteiger partial charge in [-0.1, -0.05) is 23.7 Å². The van der Waals surface area contributed by atoms with E-state index < -0.39 is 11.6 Å². The van der Waals surface area contributed by atoms with E-state index in [1.165, 1.54) is 6.92 Å². The third-order valence-corrected chi connectivity index (χ3v) is 2.13. The first-order valence-electron chi connectivity index (χ1n) is 4.12. The van der Waals surface area contributed by atoms with E-state index >= 15 is 0 Å². The summed E-state index contributed by atoms with van der Waals surface area (Å²) in [5.41, 5.74) is -1.05. The van der Waals surface area contributed by atoms with Gasteiger partial charge in [-0.25, -0.2) is 4.79 Å². The van der Waals surface area contributed by atoms with Gasteiger partial charge in [-0.15, -0.1) is 0 Å². The maximum absolute atomic E-state index is 10.6. The van der Waals surface area contributed by atoms with Crippen LogP contribution in [0, 0.1) is 0 Å². The highest BCUT2D eigenvalue weighted by Crippen LogP contribution is 2.17. The van der Waals surface area contributed by atoms with Crippen molar-refractivity contribution in [1.29, 1.82) is 0 Å². The van der Waals surface area contributed by atoms with E-state index in [0.717, 1.165) is 0 Å². The molecule has 0 radical (unpaired) electrons. The van der Waals surface area contributed by atoms with Gasteiger partial charge in [-0.3, -0.25) is 0 Å². The zero-order valence-electron chi connectivity index (χ0n) is 7.70. The number of halogens is 1. The lowest BCUT2D eigenvalue weighted by Gasteiger charge is -2.17. The van der Waals surface area contributed by atoms with Crippen LogP contribution in [0.3, 0.4) is 0 Å². The first-order chi connectivity index (χ1) is 6.42. The second-order valence-electron chi connectivity index (χ2n) is 3.39. The van der Waals surface area contributed by atoms with Crippen molar-refractivity contribution < 1.29 is 15.0 Å². The molecule has 14 heavy (non-hydrogen) atoms. The number of hydrogen-bond acceptors (Lipinski definition) is 2. The molecule has 76 valence electrons. The van der Waals surface area contributed by atoms with E-state index in [1.54, 1.807) is 24.3 Å². The maximum Gasteiger partial charge on any atom is 0.335 e. The van der Waals surface area contributed by atoms with Gasteiger partial charge in [0.15, 0.2) is 5.60 Å². The predicted molar refractivity (Wildman–Crippen MR) is 53.4 cm³/mol. The van der Waals surface area contributed by atoms with Crippen LogP contribution in [0.15, 0.2) is 24.3 Å². The van der Waals surface area contributed by atoms with E-state index in [1.807, 2.05) is 0 Å². The summed E-state index contributed by atoms with van der Waals surface area (Å²) in [5.74, 6) is -1.24. The molecule has 0 fully saturated rings. The van der Waals surface area contributed by atoms with Gasteiger partial charge in [0.2, 0.25) is 0 Å². The summed E-state index contributed by atoms with van der Waals surface area (Å²) in [4.78, 5) is 10.6. The molecule has 0 aromatic heterocycles. The minimum absolute atomic E-state index is 0.0445. The summed E-state index contributed by atoms with van der Waals surface area (Å²) in [7, 11) is 0. The van der Waals surface area contributed by atoms with Crippen LogP contribution in [0.1, 0.15) is 12.5 Å². The molecular weight excluding hydrogens is 204 g/mol. The average molecular weight is 215 g/mol. The number of carbonyl (C=O) groups is 1. The van der Waals surface area contributed by atoms with E-state index in [9.17, 15) is 9.90 Å². The second-order valence-corrected chi connectivity index (χ2v) is 3.82. The number of rotatable bonds is 3. The van der Waals surface area contributed by atoms with Gasteiger partial charge in [0.1, 0.15) is 0 Å². The van der Waals surface area contributed by atoms with Crippen LogP contribution in [0.4, 0.5) is 0 Å². The summed E-state index contributed by atoms with van der Waals surface area (Å²) in [5, 5.41) is 18.7. The van der Waals surface area contributed by atoms with Crippen molar-refractivity contribution in [3.8, 4) is 0 Å². The summed E-state index contributed by atoms with van der Waals surface area (Å²) >= 11 is 5.72. The van der Waals surface area contributed by atoms with Crippen molar-refractivity contribution in [2.24, 2.45) is 0 Å². The molecule has 3 nitrogen and oxygen atoms in total. The summed E-state index contributed by atoms with van der Waals surface area (Å²) in [6.07, 6.45) is 0.0445. The lowest BCUT2D eigenvalue weighted by Crippen LogP contribution is -2.37. The van der Waals surface area contributed by atoms with Gasteiger partial charge in [0.05, 0.1) is 0 Å². The molecular formula is C10H11ClO3. The number of hydrogen-bond donors (Lipinski definition) is 2. The largest absolute Gasteiger partial charge is 0.479 e. The zero-order valence-corrected chi connectivity index (χ0v) is 8.45. The first-order valence-corrected chi connectivity index (χ1v) is 4.50. The number of benzene rings is 1. The van der Waals surface area contributed by atoms with Crippen LogP contribution in [0.5, 0.6) is 0 Å². The van der Waals surface area contributed by atoms with Crippen molar-refractivity contribution in [2.45, 2.75) is 18.9 Å². The number of carboxylic acids is 1. The van der Waals surface area contributed by atoms with E-state index in [2.05, 4.69) is 0 Å². The third kappa shape index (κ3) is 2.72. The minimum atomic E-state index is -1.75. The molecule has 0 amide bonds. The number of aliphatic carboxylic acids is 1. The highest BCUT2D eigenvalue weighted by Gasteiger charge is 2.29. The van der Waals surface area contributed by atoms with Crippen molar-refractivity contribution in [2.75, 3.05) is 0 Å². The Morgan fingerprint density at radius 3 is 2.71 bits per heavy atom. The molecule has 0 saturated heterocycles. The van der Waals surface area contributed by atoms with Gasteiger partial charge in [-0.05, 0) is 24.6 Å². The second kappa shape index (κ2) is 3.98. The Morgan fingerprint density at radius 1 is 1.57 bits per heavy atom. The van der Waals surface area contributed by atoms with E-state index in [-0.39, 0.29) is 6.42 Å². The van der Waals surface area contributed by atoms with Crippen LogP contribution < -0.4 is 0 Å². The monoisotopic (exact) mass is 214 g/mol. The zero-order chi connectivity index (χ0) is 10.8. The molecule has 4 heteroatoms. The Kier molecular flexibility index (Phi) is 3.13. The maximum atomic E-state index is 10.6. The highest BCUT2D eigenvalue weighted by atomic mass is 35.5. The topological polar surface area (TPSA) is 57.5 Å². The van der Waals surface area contributed by atoms with Crippen molar-refractivity contribution >= 4 is 17.6 Å². The Balaban J connectivity index is 2.83. The Bertz CT molecular complexity index is 347. The molecule has 1 atom stereocenters. The minimum Gasteiger partial charge on any atom is -0.479 e. The van der Waals surface area contributed by atoms with Crippen LogP contribution >= 0.6 is 11.6 Å². The third-order valence-electron chi connectivity index (χ3n) is 1.90. The van der Waals surface area contributed by atoms with Crippen LogP contribution in [0.2, 0.25) is 5.02 Å². The quantitative estimate of drug-likeness (QED) is 0.806. The average Bonchev–Trinajstić information content (AvgIpc) is 2.02. The van der Waals surface area contributed by atoms with E-state index in [4.69, 9.17) is 16.7 Å². The van der Waals surface area contributed by atoms with Crippen LogP contribution in [0.25, 0.3) is 0 Å². The molecule has 0 bridgehead atoms. The Morgan fingerprint density at radius 2 is 2.21 bits per heavy atom. The SMILES string of the molecule is C[C@@](O)(Cc1cccc(Cl)c1)C(=O)O. The van der Waals surface area contributed by atoms with Crippen LogP contribution in [-0.4, -0.2) is 21.8 Å². The molecule has 0 spiro atoms. The molecule has 2 N–H and O–H groups in total. The Labute approximate surface area is 86.9 Å². The fourth-order valence-corrected chi connectivity index (χ4v) is 1.33. The van der Waals surface area contributed by atoms with Crippen LogP contribution in [-0.2, 0) is 11.2 Å². The number of carboxylic acid groups (broad SMARTS) is 1. The lowest BCUT2D eigenvalue weighted by atomic mass is 9.97. The molecule has 0 heterocycles. The molecule has 0 aliphatic carbocycles. The molecule has 0 saturated carbocycles. The van der Waals surface area contributed by atoms with Gasteiger partial charge in [0, 0.05) is 11.4 Å². The fourth-order valence-electron chi connectivity index (χ4n) is 1.12. The molecule has 0 aliphatic heterocycles. The fraction of sp³-hybridized carbons (Fsp3) is 0.300. The Hall–Kier alpha value is -1.06. The summed E-state index contributed by atoms with van der Waals surface area (Å²) in [6.45, 7) is 1.26. The van der Waals surface area contributed by atoms with Gasteiger partial charge in [0.25, 0.3) is 0 Å².